The highest BCUT2D eigenvalue weighted by Gasteiger charge is 2.21. The topological polar surface area (TPSA) is 111 Å². The zero-order chi connectivity index (χ0) is 16.0. The molecule has 1 rings (SSSR count). The van der Waals surface area contributed by atoms with Crippen molar-refractivity contribution in [3.8, 4) is 0 Å². The first-order valence-corrected chi connectivity index (χ1v) is 7.83. The van der Waals surface area contributed by atoms with E-state index < -0.39 is 21.0 Å². The maximum absolute atomic E-state index is 12.2. The van der Waals surface area contributed by atoms with E-state index >= 15 is 0 Å². The fourth-order valence-electron chi connectivity index (χ4n) is 1.79. The van der Waals surface area contributed by atoms with E-state index in [9.17, 15) is 18.5 Å². The van der Waals surface area contributed by atoms with Gasteiger partial charge < -0.3 is 10.1 Å². The van der Waals surface area contributed by atoms with E-state index in [-0.39, 0.29) is 22.9 Å². The highest BCUT2D eigenvalue weighted by atomic mass is 32.2. The molecule has 0 saturated heterocycles. The third-order valence-electron chi connectivity index (χ3n) is 2.62. The Morgan fingerprint density at radius 1 is 1.43 bits per heavy atom. The highest BCUT2D eigenvalue weighted by molar-refractivity contribution is 7.89. The molecule has 9 heteroatoms. The van der Waals surface area contributed by atoms with Gasteiger partial charge >= 0.3 is 0 Å². The fraction of sp³-hybridized carbons (Fsp3) is 0.500. The molecule has 1 atom stereocenters. The van der Waals surface area contributed by atoms with Crippen LogP contribution in [0.2, 0.25) is 0 Å². The fourth-order valence-corrected chi connectivity index (χ4v) is 3.04. The Balaban J connectivity index is 3.13. The lowest BCUT2D eigenvalue weighted by Crippen LogP contribution is -2.35. The molecule has 1 unspecified atom stereocenters. The molecular weight excluding hydrogens is 298 g/mol. The predicted octanol–water partition coefficient (Wildman–Crippen LogP) is 1.34. The van der Waals surface area contributed by atoms with Crippen molar-refractivity contribution in [2.75, 3.05) is 25.6 Å². The Bertz CT molecular complexity index is 603. The van der Waals surface area contributed by atoms with Gasteiger partial charge in [-0.2, -0.15) is 0 Å². The lowest BCUT2D eigenvalue weighted by molar-refractivity contribution is -0.384. The van der Waals surface area contributed by atoms with Crippen LogP contribution >= 0.6 is 0 Å². The molecule has 0 heterocycles. The summed E-state index contributed by atoms with van der Waals surface area (Å²) in [4.78, 5) is 10.3. The van der Waals surface area contributed by atoms with Crippen molar-refractivity contribution in [1.29, 1.82) is 0 Å². The molecule has 0 spiro atoms. The molecule has 0 aromatic heterocycles. The summed E-state index contributed by atoms with van der Waals surface area (Å²) in [6, 6.07) is 3.23. The minimum absolute atomic E-state index is 0.0352. The highest BCUT2D eigenvalue weighted by Crippen LogP contribution is 2.27. The molecule has 0 aliphatic heterocycles. The Labute approximate surface area is 123 Å². The first kappa shape index (κ1) is 17.3. The number of rotatable bonds is 8. The van der Waals surface area contributed by atoms with Crippen LogP contribution < -0.4 is 10.0 Å². The lowest BCUT2D eigenvalue weighted by Gasteiger charge is -2.14. The molecule has 0 aliphatic rings. The van der Waals surface area contributed by atoms with E-state index in [0.717, 1.165) is 0 Å². The van der Waals surface area contributed by atoms with E-state index in [1.54, 1.807) is 13.8 Å². The van der Waals surface area contributed by atoms with Crippen LogP contribution in [0.15, 0.2) is 23.1 Å². The third-order valence-corrected chi connectivity index (χ3v) is 4.20. The molecule has 21 heavy (non-hydrogen) atoms. The van der Waals surface area contributed by atoms with Gasteiger partial charge in [-0.25, -0.2) is 13.1 Å². The summed E-state index contributed by atoms with van der Waals surface area (Å²) in [7, 11) is -2.29. The zero-order valence-corrected chi connectivity index (χ0v) is 12.9. The summed E-state index contributed by atoms with van der Waals surface area (Å²) in [5.74, 6) is 0. The van der Waals surface area contributed by atoms with Crippen molar-refractivity contribution in [3.63, 3.8) is 0 Å². The minimum atomic E-state index is -3.76. The molecule has 118 valence electrons. The number of nitrogens with zero attached hydrogens (tertiary/aromatic N) is 1. The number of nitro benzene ring substituents is 1. The second-order valence-electron chi connectivity index (χ2n) is 4.44. The average Bonchev–Trinajstić information content (AvgIpc) is 2.38. The van der Waals surface area contributed by atoms with E-state index in [0.29, 0.717) is 6.54 Å². The van der Waals surface area contributed by atoms with Crippen LogP contribution in [-0.2, 0) is 14.8 Å². The first-order valence-electron chi connectivity index (χ1n) is 6.35. The SMILES string of the molecule is CCNc1cc(S(=O)(=O)NC(C)COC)ccc1[N+](=O)[O-]. The normalized spacial score (nSPS) is 12.9. The summed E-state index contributed by atoms with van der Waals surface area (Å²) in [6.45, 7) is 4.10. The van der Waals surface area contributed by atoms with Crippen LogP contribution in [-0.4, -0.2) is 39.6 Å². The van der Waals surface area contributed by atoms with Crippen molar-refractivity contribution in [1.82, 2.24) is 4.72 Å². The Hall–Kier alpha value is -1.71. The quantitative estimate of drug-likeness (QED) is 0.553. The van der Waals surface area contributed by atoms with Crippen molar-refractivity contribution in [3.05, 3.63) is 28.3 Å². The minimum Gasteiger partial charge on any atom is -0.383 e. The maximum Gasteiger partial charge on any atom is 0.292 e. The second-order valence-corrected chi connectivity index (χ2v) is 6.16. The number of anilines is 1. The molecule has 0 amide bonds. The number of methoxy groups -OCH3 is 1. The maximum atomic E-state index is 12.2. The lowest BCUT2D eigenvalue weighted by atomic mass is 10.2. The summed E-state index contributed by atoms with van der Waals surface area (Å²) in [5, 5.41) is 13.7. The van der Waals surface area contributed by atoms with Crippen LogP contribution in [0.3, 0.4) is 0 Å². The standard InChI is InChI=1S/C12H19N3O5S/c1-4-13-11-7-10(5-6-12(11)15(16)17)21(18,19)14-9(2)8-20-3/h5-7,9,13-14H,4,8H2,1-3H3. The molecule has 0 radical (unpaired) electrons. The zero-order valence-electron chi connectivity index (χ0n) is 12.1. The number of sulfonamides is 1. The van der Waals surface area contributed by atoms with Gasteiger partial charge in [0.1, 0.15) is 5.69 Å². The largest absolute Gasteiger partial charge is 0.383 e. The summed E-state index contributed by atoms with van der Waals surface area (Å²) < 4.78 is 31.7. The molecule has 0 bridgehead atoms. The summed E-state index contributed by atoms with van der Waals surface area (Å²) in [5.41, 5.74) is 0.00510. The van der Waals surface area contributed by atoms with Crippen LogP contribution in [0.4, 0.5) is 11.4 Å². The van der Waals surface area contributed by atoms with Gasteiger partial charge in [-0.3, -0.25) is 10.1 Å². The van der Waals surface area contributed by atoms with Gasteiger partial charge in [0.2, 0.25) is 10.0 Å². The Morgan fingerprint density at radius 3 is 2.62 bits per heavy atom. The number of nitrogens with one attached hydrogen (secondary N) is 2. The van der Waals surface area contributed by atoms with Gasteiger partial charge in [0.05, 0.1) is 16.4 Å². The molecule has 1 aromatic carbocycles. The van der Waals surface area contributed by atoms with Gasteiger partial charge in [0.15, 0.2) is 0 Å². The van der Waals surface area contributed by atoms with Crippen molar-refractivity contribution in [2.24, 2.45) is 0 Å². The molecule has 8 nitrogen and oxygen atoms in total. The van der Waals surface area contributed by atoms with E-state index in [1.807, 2.05) is 0 Å². The van der Waals surface area contributed by atoms with Crippen LogP contribution in [0.1, 0.15) is 13.8 Å². The number of hydrogen-bond acceptors (Lipinski definition) is 6. The average molecular weight is 317 g/mol. The van der Waals surface area contributed by atoms with Crippen LogP contribution in [0.25, 0.3) is 0 Å². The smallest absolute Gasteiger partial charge is 0.292 e. The number of hydrogen-bond donors (Lipinski definition) is 2. The Morgan fingerprint density at radius 2 is 2.10 bits per heavy atom. The van der Waals surface area contributed by atoms with Crippen molar-refractivity contribution >= 4 is 21.4 Å². The van der Waals surface area contributed by atoms with Crippen molar-refractivity contribution < 1.29 is 18.1 Å². The molecule has 0 saturated carbocycles. The third kappa shape index (κ3) is 4.66. The molecule has 2 N–H and O–H groups in total. The molecule has 0 aliphatic carbocycles. The van der Waals surface area contributed by atoms with E-state index in [4.69, 9.17) is 4.74 Å². The summed E-state index contributed by atoms with van der Waals surface area (Å²) >= 11 is 0. The predicted molar refractivity (Wildman–Crippen MR) is 78.9 cm³/mol. The van der Waals surface area contributed by atoms with Gasteiger partial charge in [0.25, 0.3) is 5.69 Å². The summed E-state index contributed by atoms with van der Waals surface area (Å²) in [6.07, 6.45) is 0. The van der Waals surface area contributed by atoms with Crippen LogP contribution in [0, 0.1) is 10.1 Å². The van der Waals surface area contributed by atoms with Gasteiger partial charge in [-0.1, -0.05) is 0 Å². The first-order chi connectivity index (χ1) is 9.81. The second kappa shape index (κ2) is 7.34. The van der Waals surface area contributed by atoms with Gasteiger partial charge in [-0.15, -0.1) is 0 Å². The molecular formula is C12H19N3O5S. The molecule has 0 fully saturated rings. The monoisotopic (exact) mass is 317 g/mol. The number of ether oxygens (including phenoxy) is 1. The van der Waals surface area contributed by atoms with Gasteiger partial charge in [0, 0.05) is 25.8 Å². The molecule has 1 aromatic rings. The van der Waals surface area contributed by atoms with E-state index in [2.05, 4.69) is 10.0 Å². The van der Waals surface area contributed by atoms with E-state index in [1.165, 1.54) is 25.3 Å². The number of nitro groups is 1. The van der Waals surface area contributed by atoms with Crippen molar-refractivity contribution in [2.45, 2.75) is 24.8 Å². The van der Waals surface area contributed by atoms with Crippen LogP contribution in [0.5, 0.6) is 0 Å². The van der Waals surface area contributed by atoms with Gasteiger partial charge in [-0.05, 0) is 26.0 Å². The Kier molecular flexibility index (Phi) is 6.06. The number of benzene rings is 1.